The monoisotopic (exact) mass is 530 g/mol. The summed E-state index contributed by atoms with van der Waals surface area (Å²) in [5.74, 6) is -0.0107. The molecule has 4 heterocycles. The number of rotatable bonds is 8. The molecule has 2 amide bonds. The molecule has 5 rings (SSSR count). The van der Waals surface area contributed by atoms with Crippen molar-refractivity contribution in [2.45, 2.75) is 70.2 Å². The minimum absolute atomic E-state index is 0.0432. The highest BCUT2D eigenvalue weighted by Gasteiger charge is 2.45. The Morgan fingerprint density at radius 1 is 1.27 bits per heavy atom. The normalized spacial score (nSPS) is 24.7. The first kappa shape index (κ1) is 26.3. The molecule has 0 bridgehead atoms. The number of carbonyl (C=O) groups is 2. The van der Waals surface area contributed by atoms with Crippen molar-refractivity contribution >= 4 is 23.2 Å². The number of aliphatic hydroxyl groups excluding tert-OH is 1. The van der Waals surface area contributed by atoms with Gasteiger partial charge in [-0.2, -0.15) is 0 Å². The maximum Gasteiger partial charge on any atom is 0.248 e. The van der Waals surface area contributed by atoms with E-state index in [4.69, 9.17) is 4.74 Å². The molecule has 2 N–H and O–H groups in total. The molecule has 37 heavy (non-hydrogen) atoms. The van der Waals surface area contributed by atoms with Crippen LogP contribution >= 0.6 is 11.3 Å². The number of hydrogen-bond donors (Lipinski definition) is 2. The fourth-order valence-electron chi connectivity index (χ4n) is 5.42. The maximum atomic E-state index is 13.9. The van der Waals surface area contributed by atoms with Crippen LogP contribution in [0.5, 0.6) is 0 Å². The van der Waals surface area contributed by atoms with Crippen molar-refractivity contribution in [1.29, 1.82) is 0 Å². The number of hydrogen-bond acceptors (Lipinski definition) is 8. The highest BCUT2D eigenvalue weighted by atomic mass is 32.1. The summed E-state index contributed by atoms with van der Waals surface area (Å²) in [5, 5.41) is 24.3. The summed E-state index contributed by atoms with van der Waals surface area (Å²) in [6.07, 6.45) is 3.56. The molecule has 2 aromatic heterocycles. The van der Waals surface area contributed by atoms with E-state index in [1.54, 1.807) is 20.9 Å². The molecule has 202 valence electrons. The highest BCUT2D eigenvalue weighted by molar-refractivity contribution is 7.10. The van der Waals surface area contributed by atoms with Crippen LogP contribution in [-0.4, -0.2) is 93.3 Å². The maximum absolute atomic E-state index is 13.9. The molecule has 0 radical (unpaired) electrons. The van der Waals surface area contributed by atoms with E-state index < -0.39 is 23.6 Å². The molecule has 3 unspecified atom stereocenters. The van der Waals surface area contributed by atoms with Crippen molar-refractivity contribution in [3.8, 4) is 0 Å². The summed E-state index contributed by atoms with van der Waals surface area (Å²) < 4.78 is 7.18. The lowest BCUT2D eigenvalue weighted by Crippen LogP contribution is -2.51. The lowest BCUT2D eigenvalue weighted by molar-refractivity contribution is -0.144. The molecule has 1 saturated carbocycles. The number of amides is 2. The van der Waals surface area contributed by atoms with Crippen LogP contribution in [0.4, 0.5) is 0 Å². The van der Waals surface area contributed by atoms with Crippen LogP contribution < -0.4 is 5.32 Å². The second-order valence-electron chi connectivity index (χ2n) is 11.5. The number of β-amino-alcohol motifs (C(OH)–C–C–N with tert-alkyl or cyclic N) is 1. The zero-order chi connectivity index (χ0) is 26.2. The largest absolute Gasteiger partial charge is 0.391 e. The predicted molar refractivity (Wildman–Crippen MR) is 139 cm³/mol. The zero-order valence-electron chi connectivity index (χ0n) is 21.9. The Labute approximate surface area is 222 Å². The lowest BCUT2D eigenvalue weighted by Gasteiger charge is -2.36. The van der Waals surface area contributed by atoms with E-state index in [9.17, 15) is 14.7 Å². The fraction of sp³-hybridized carbons (Fsp3) is 0.692. The van der Waals surface area contributed by atoms with Gasteiger partial charge in [-0.15, -0.1) is 16.4 Å². The molecular formula is C26H38N6O4S. The zero-order valence-corrected chi connectivity index (χ0v) is 22.7. The van der Waals surface area contributed by atoms with Crippen LogP contribution in [0, 0.1) is 5.41 Å². The van der Waals surface area contributed by atoms with E-state index in [-0.39, 0.29) is 30.8 Å². The van der Waals surface area contributed by atoms with Gasteiger partial charge < -0.3 is 20.1 Å². The van der Waals surface area contributed by atoms with Gasteiger partial charge in [-0.05, 0) is 29.7 Å². The summed E-state index contributed by atoms with van der Waals surface area (Å²) >= 11 is 1.67. The molecule has 11 heteroatoms. The molecule has 1 aliphatic carbocycles. The molecule has 0 spiro atoms. The SMILES string of the molecule is CC(C)(C)[C@@H](C(=O)N1CC(O)CC1C(=O)NCC(c1cccs1)N1CCOCC1)n1cc(C2CC2)nn1. The van der Waals surface area contributed by atoms with Crippen molar-refractivity contribution in [3.05, 3.63) is 34.3 Å². The van der Waals surface area contributed by atoms with Gasteiger partial charge in [-0.1, -0.05) is 32.1 Å². The molecular weight excluding hydrogens is 492 g/mol. The number of ether oxygens (including phenoxy) is 1. The van der Waals surface area contributed by atoms with Gasteiger partial charge in [0.1, 0.15) is 12.1 Å². The van der Waals surface area contributed by atoms with Crippen LogP contribution in [0.3, 0.4) is 0 Å². The van der Waals surface area contributed by atoms with Crippen LogP contribution in [0.2, 0.25) is 0 Å². The van der Waals surface area contributed by atoms with Gasteiger partial charge in [0.05, 0.1) is 31.1 Å². The molecule has 2 aromatic rings. The number of likely N-dealkylation sites (tertiary alicyclic amines) is 1. The summed E-state index contributed by atoms with van der Waals surface area (Å²) in [7, 11) is 0. The van der Waals surface area contributed by atoms with Gasteiger partial charge in [0.15, 0.2) is 0 Å². The van der Waals surface area contributed by atoms with Crippen LogP contribution in [-0.2, 0) is 14.3 Å². The highest BCUT2D eigenvalue weighted by Crippen LogP contribution is 2.40. The number of aliphatic hydroxyl groups is 1. The Morgan fingerprint density at radius 3 is 2.68 bits per heavy atom. The first-order valence-corrected chi connectivity index (χ1v) is 14.1. The van der Waals surface area contributed by atoms with Crippen molar-refractivity contribution in [3.63, 3.8) is 0 Å². The van der Waals surface area contributed by atoms with Crippen LogP contribution in [0.1, 0.15) is 68.6 Å². The summed E-state index contributed by atoms with van der Waals surface area (Å²) in [6.45, 7) is 9.49. The summed E-state index contributed by atoms with van der Waals surface area (Å²) in [5.41, 5.74) is 0.460. The first-order chi connectivity index (χ1) is 17.7. The molecule has 3 aliphatic rings. The van der Waals surface area contributed by atoms with Gasteiger partial charge in [0.25, 0.3) is 0 Å². The van der Waals surface area contributed by atoms with Crippen LogP contribution in [0.25, 0.3) is 0 Å². The van der Waals surface area contributed by atoms with Gasteiger partial charge in [0.2, 0.25) is 11.8 Å². The van der Waals surface area contributed by atoms with Gasteiger partial charge in [-0.3, -0.25) is 14.5 Å². The molecule has 10 nitrogen and oxygen atoms in total. The minimum atomic E-state index is -0.745. The van der Waals surface area contributed by atoms with E-state index in [0.29, 0.717) is 25.7 Å². The Kier molecular flexibility index (Phi) is 7.67. The molecule has 0 aromatic carbocycles. The number of carbonyl (C=O) groups excluding carboxylic acids is 2. The van der Waals surface area contributed by atoms with Gasteiger partial charge in [-0.25, -0.2) is 4.68 Å². The number of nitrogens with zero attached hydrogens (tertiary/aromatic N) is 5. The number of thiophene rings is 1. The Bertz CT molecular complexity index is 1070. The Balaban J connectivity index is 1.31. The van der Waals surface area contributed by atoms with E-state index in [2.05, 4.69) is 26.6 Å². The lowest BCUT2D eigenvalue weighted by atomic mass is 9.85. The standard InChI is InChI=1S/C26H38N6O4S/c1-26(2,3)23(32-16-19(28-29-32)17-6-7-17)25(35)31-15-18(33)13-20(31)24(34)27-14-21(22-5-4-12-37-22)30-8-10-36-11-9-30/h4-5,12,16-18,20-21,23,33H,6-11,13-15H2,1-3H3,(H,27,34)/t18?,20?,21?,23-/m1/s1. The van der Waals surface area contributed by atoms with Crippen molar-refractivity contribution in [1.82, 2.24) is 30.1 Å². The average Bonchev–Trinajstić information content (AvgIpc) is 3.22. The Hall–Kier alpha value is -2.34. The first-order valence-electron chi connectivity index (χ1n) is 13.3. The van der Waals surface area contributed by atoms with Gasteiger partial charge in [0, 0.05) is 49.6 Å². The number of nitrogens with one attached hydrogen (secondary N) is 1. The summed E-state index contributed by atoms with van der Waals surface area (Å²) in [4.78, 5) is 32.5. The third kappa shape index (κ3) is 5.89. The molecule has 2 saturated heterocycles. The predicted octanol–water partition coefficient (Wildman–Crippen LogP) is 1.96. The smallest absolute Gasteiger partial charge is 0.248 e. The fourth-order valence-corrected chi connectivity index (χ4v) is 6.28. The van der Waals surface area contributed by atoms with E-state index in [1.807, 2.05) is 38.4 Å². The number of morpholine rings is 1. The second-order valence-corrected chi connectivity index (χ2v) is 12.5. The minimum Gasteiger partial charge on any atom is -0.391 e. The quantitative estimate of drug-likeness (QED) is 0.537. The van der Waals surface area contributed by atoms with E-state index in [1.165, 1.54) is 4.88 Å². The van der Waals surface area contributed by atoms with Crippen molar-refractivity contribution < 1.29 is 19.4 Å². The van der Waals surface area contributed by atoms with Crippen LogP contribution in [0.15, 0.2) is 23.7 Å². The third-order valence-corrected chi connectivity index (χ3v) is 8.51. The van der Waals surface area contributed by atoms with Gasteiger partial charge >= 0.3 is 0 Å². The number of aromatic nitrogens is 3. The molecule has 3 fully saturated rings. The Morgan fingerprint density at radius 2 is 2.03 bits per heavy atom. The van der Waals surface area contributed by atoms with E-state index >= 15 is 0 Å². The molecule has 4 atom stereocenters. The third-order valence-electron chi connectivity index (χ3n) is 7.53. The second kappa shape index (κ2) is 10.8. The van der Waals surface area contributed by atoms with Crippen molar-refractivity contribution in [2.24, 2.45) is 5.41 Å². The summed E-state index contributed by atoms with van der Waals surface area (Å²) in [6, 6.07) is 2.80. The van der Waals surface area contributed by atoms with Crippen molar-refractivity contribution in [2.75, 3.05) is 39.4 Å². The average molecular weight is 531 g/mol. The topological polar surface area (TPSA) is 113 Å². The van der Waals surface area contributed by atoms with E-state index in [0.717, 1.165) is 31.6 Å². The molecule has 2 aliphatic heterocycles.